The van der Waals surface area contributed by atoms with Gasteiger partial charge >= 0.3 is 18.8 Å². The molecule has 3 aromatic carbocycles. The fourth-order valence-corrected chi connectivity index (χ4v) is 7.75. The summed E-state index contributed by atoms with van der Waals surface area (Å²) >= 11 is 0. The summed E-state index contributed by atoms with van der Waals surface area (Å²) in [5, 5.41) is 0. The molecule has 0 saturated carbocycles. The highest BCUT2D eigenvalue weighted by molar-refractivity contribution is 7.89. The van der Waals surface area contributed by atoms with Gasteiger partial charge in [-0.2, -0.15) is 4.31 Å². The van der Waals surface area contributed by atoms with Crippen LogP contribution in [0.15, 0.2) is 71.6 Å². The van der Waals surface area contributed by atoms with E-state index in [9.17, 15) is 39.6 Å². The highest BCUT2D eigenvalue weighted by atomic mass is 32.2. The van der Waals surface area contributed by atoms with Gasteiger partial charge in [0.05, 0.1) is 24.2 Å². The Morgan fingerprint density at radius 3 is 1.94 bits per heavy atom. The van der Waals surface area contributed by atoms with Crippen LogP contribution in [-0.2, 0) is 25.9 Å². The number of sulfonamides is 1. The van der Waals surface area contributed by atoms with E-state index in [-0.39, 0.29) is 41.5 Å². The van der Waals surface area contributed by atoms with Crippen molar-refractivity contribution in [1.29, 1.82) is 0 Å². The third-order valence-electron chi connectivity index (χ3n) is 8.07. The van der Waals surface area contributed by atoms with E-state index < -0.39 is 63.8 Å². The molecule has 1 fully saturated rings. The second-order valence-corrected chi connectivity index (χ2v) is 16.5. The summed E-state index contributed by atoms with van der Waals surface area (Å²) < 4.78 is 133. The van der Waals surface area contributed by atoms with E-state index in [1.54, 1.807) is 46.8 Å². The van der Waals surface area contributed by atoms with Crippen LogP contribution < -0.4 is 14.2 Å². The van der Waals surface area contributed by atoms with E-state index in [1.807, 2.05) is 13.8 Å². The quantitative estimate of drug-likeness (QED) is 0.168. The minimum atomic E-state index is -5.20. The van der Waals surface area contributed by atoms with Crippen molar-refractivity contribution in [3.05, 3.63) is 72.3 Å². The van der Waals surface area contributed by atoms with Gasteiger partial charge in [-0.25, -0.2) is 13.2 Å². The highest BCUT2D eigenvalue weighted by Gasteiger charge is 2.52. The van der Waals surface area contributed by atoms with Crippen molar-refractivity contribution in [1.82, 2.24) is 9.21 Å². The van der Waals surface area contributed by atoms with Crippen molar-refractivity contribution < 1.29 is 63.2 Å². The van der Waals surface area contributed by atoms with Crippen LogP contribution in [0.25, 0.3) is 11.1 Å². The number of ether oxygens (including phenoxy) is 5. The predicted molar refractivity (Wildman–Crippen MR) is 186 cm³/mol. The van der Waals surface area contributed by atoms with E-state index in [0.29, 0.717) is 17.4 Å². The maximum atomic E-state index is 14.1. The highest BCUT2D eigenvalue weighted by Crippen LogP contribution is 2.39. The van der Waals surface area contributed by atoms with Crippen LogP contribution in [0.1, 0.15) is 54.0 Å². The Morgan fingerprint density at radius 2 is 1.44 bits per heavy atom. The van der Waals surface area contributed by atoms with E-state index in [4.69, 9.17) is 14.2 Å². The molecule has 298 valence electrons. The van der Waals surface area contributed by atoms with Gasteiger partial charge in [0.1, 0.15) is 28.6 Å². The van der Waals surface area contributed by atoms with Gasteiger partial charge in [0.25, 0.3) is 0 Å². The number of benzene rings is 3. The first-order chi connectivity index (χ1) is 24.8. The zero-order valence-corrected chi connectivity index (χ0v) is 31.9. The lowest BCUT2D eigenvalue weighted by molar-refractivity contribution is -0.276. The Balaban J connectivity index is 1.78. The normalized spacial score (nSPS) is 17.9. The van der Waals surface area contributed by atoms with E-state index >= 15 is 0 Å². The number of nitrogens with zero attached hydrogens (tertiary/aromatic N) is 2. The number of amides is 1. The summed E-state index contributed by atoms with van der Waals surface area (Å²) in [6, 6.07) is 13.5. The Morgan fingerprint density at radius 1 is 0.870 bits per heavy atom. The van der Waals surface area contributed by atoms with Gasteiger partial charge < -0.3 is 23.7 Å². The average molecular weight is 791 g/mol. The number of methoxy groups -OCH3 is 1. The third kappa shape index (κ3) is 11.4. The second-order valence-electron chi connectivity index (χ2n) is 14.6. The molecule has 1 heterocycles. The molecule has 0 bridgehead atoms. The largest absolute Gasteiger partial charge is 0.573 e. The van der Waals surface area contributed by atoms with Crippen LogP contribution in [-0.4, -0.2) is 80.1 Å². The first-order valence-corrected chi connectivity index (χ1v) is 18.3. The lowest BCUT2D eigenvalue weighted by Gasteiger charge is -2.35. The first-order valence-electron chi connectivity index (χ1n) is 16.9. The monoisotopic (exact) mass is 790 g/mol. The molecule has 0 N–H and O–H groups in total. The summed E-state index contributed by atoms with van der Waals surface area (Å²) in [6.07, 6.45) is -12.1. The average Bonchev–Trinajstić information content (AvgIpc) is 3.26. The van der Waals surface area contributed by atoms with Crippen molar-refractivity contribution in [2.75, 3.05) is 20.2 Å². The van der Waals surface area contributed by atoms with Crippen molar-refractivity contribution in [3.63, 3.8) is 0 Å². The molecule has 1 saturated heterocycles. The van der Waals surface area contributed by atoms with Crippen LogP contribution in [0.3, 0.4) is 0 Å². The van der Waals surface area contributed by atoms with Gasteiger partial charge in [0.2, 0.25) is 10.0 Å². The molecule has 17 heteroatoms. The van der Waals surface area contributed by atoms with Gasteiger partial charge in [0.15, 0.2) is 0 Å². The SMILES string of the molecule is COc1ccc(S(=O)(=O)N(CC(C)C)C[C@@H]2OC(C)(C)N(C(=O)OC(C)(C)C)[C@H]2Cc2cccc(-c3cc(OC(F)(F)F)cc(OC(F)(F)F)c3)c2)cc1. The van der Waals surface area contributed by atoms with Crippen molar-refractivity contribution in [3.8, 4) is 28.4 Å². The van der Waals surface area contributed by atoms with E-state index in [2.05, 4.69) is 9.47 Å². The molecule has 0 aromatic heterocycles. The summed E-state index contributed by atoms with van der Waals surface area (Å²) in [4.78, 5) is 15.2. The molecular weight excluding hydrogens is 746 g/mol. The van der Waals surface area contributed by atoms with Crippen LogP contribution in [0.4, 0.5) is 31.1 Å². The Hall–Kier alpha value is -4.22. The third-order valence-corrected chi connectivity index (χ3v) is 9.92. The Bertz CT molecular complexity index is 1840. The summed E-state index contributed by atoms with van der Waals surface area (Å²) in [6.45, 7) is 11.9. The van der Waals surface area contributed by atoms with Gasteiger partial charge in [-0.05, 0) is 100 Å². The van der Waals surface area contributed by atoms with Crippen molar-refractivity contribution in [2.24, 2.45) is 5.92 Å². The maximum Gasteiger partial charge on any atom is 0.573 e. The molecule has 1 aliphatic heterocycles. The number of rotatable bonds is 12. The zero-order chi connectivity index (χ0) is 40.4. The molecule has 1 amide bonds. The van der Waals surface area contributed by atoms with Gasteiger partial charge in [-0.1, -0.05) is 38.1 Å². The molecule has 0 radical (unpaired) electrons. The van der Waals surface area contributed by atoms with Crippen LogP contribution in [0, 0.1) is 5.92 Å². The molecule has 4 rings (SSSR count). The number of hydrogen-bond donors (Lipinski definition) is 0. The number of carbonyl (C=O) groups is 1. The smallest absolute Gasteiger partial charge is 0.497 e. The maximum absolute atomic E-state index is 14.1. The summed E-state index contributed by atoms with van der Waals surface area (Å²) in [5.41, 5.74) is -1.62. The van der Waals surface area contributed by atoms with Crippen LogP contribution >= 0.6 is 0 Å². The number of carbonyl (C=O) groups excluding carboxylic acids is 1. The van der Waals surface area contributed by atoms with Gasteiger partial charge in [-0.3, -0.25) is 4.90 Å². The fourth-order valence-electron chi connectivity index (χ4n) is 6.14. The molecular formula is C37H44F6N2O8S. The topological polar surface area (TPSA) is 104 Å². The Kier molecular flexibility index (Phi) is 12.5. The van der Waals surface area contributed by atoms with Crippen molar-refractivity contribution in [2.45, 2.75) is 96.0 Å². The molecule has 3 aromatic rings. The molecule has 54 heavy (non-hydrogen) atoms. The van der Waals surface area contributed by atoms with Crippen molar-refractivity contribution >= 4 is 16.1 Å². The van der Waals surface area contributed by atoms with E-state index in [0.717, 1.165) is 12.1 Å². The molecule has 10 nitrogen and oxygen atoms in total. The molecule has 1 aliphatic rings. The number of halogens is 6. The van der Waals surface area contributed by atoms with Gasteiger partial charge in [0, 0.05) is 19.2 Å². The minimum Gasteiger partial charge on any atom is -0.497 e. The number of hydrogen-bond acceptors (Lipinski definition) is 8. The van der Waals surface area contributed by atoms with Crippen LogP contribution in [0.2, 0.25) is 0 Å². The van der Waals surface area contributed by atoms with Gasteiger partial charge in [-0.15, -0.1) is 26.3 Å². The molecule has 2 atom stereocenters. The van der Waals surface area contributed by atoms with E-state index in [1.165, 1.54) is 52.7 Å². The molecule has 0 unspecified atom stereocenters. The lowest BCUT2D eigenvalue weighted by Crippen LogP contribution is -2.52. The fraction of sp³-hybridized carbons (Fsp3) is 0.486. The first kappa shape index (κ1) is 42.5. The summed E-state index contributed by atoms with van der Waals surface area (Å²) in [7, 11) is -2.65. The molecule has 0 aliphatic carbocycles. The summed E-state index contributed by atoms with van der Waals surface area (Å²) in [5.74, 6) is -1.53. The second kappa shape index (κ2) is 15.9. The molecule has 0 spiro atoms. The zero-order valence-electron chi connectivity index (χ0n) is 31.0. The Labute approximate surface area is 310 Å². The minimum absolute atomic E-state index is 0.0139. The standard InChI is InChI=1S/C37H44F6N2O8S/c1-23(2)21-44(54(47,48)30-14-12-27(49-8)13-15-30)22-32-31(45(35(6,7)52-32)33(46)53-34(3,4)5)17-24-10-9-11-25(16-24)26-18-28(50-36(38,39)40)20-29(19-26)51-37(41,42)43/h9-16,18-20,23,31-32H,17,21-22H2,1-8H3/t31-,32-/m0/s1. The number of alkyl halides is 6. The lowest BCUT2D eigenvalue weighted by atomic mass is 9.96. The van der Waals surface area contributed by atoms with Crippen LogP contribution in [0.5, 0.6) is 17.2 Å². The predicted octanol–water partition coefficient (Wildman–Crippen LogP) is 8.79.